The van der Waals surface area contributed by atoms with Crippen LogP contribution in [0.1, 0.15) is 0 Å². The van der Waals surface area contributed by atoms with Crippen LogP contribution < -0.4 is 5.73 Å². The molecule has 2 aromatic carbocycles. The molecule has 3 aromatic rings. The summed E-state index contributed by atoms with van der Waals surface area (Å²) in [5, 5.41) is 0.828. The summed E-state index contributed by atoms with van der Waals surface area (Å²) in [5.41, 5.74) is 8.06. The van der Waals surface area contributed by atoms with Crippen LogP contribution in [-0.2, 0) is 0 Å². The first-order chi connectivity index (χ1) is 8.63. The molecular formula is C13H8BrFN2S. The van der Waals surface area contributed by atoms with Crippen LogP contribution in [0.3, 0.4) is 0 Å². The Bertz CT molecular complexity index is 739. The molecule has 18 heavy (non-hydrogen) atoms. The predicted octanol–water partition coefficient (Wildman–Crippen LogP) is 4.45. The van der Waals surface area contributed by atoms with Gasteiger partial charge in [0.25, 0.3) is 0 Å². The molecule has 0 atom stereocenters. The lowest BCUT2D eigenvalue weighted by Crippen LogP contribution is -1.86. The van der Waals surface area contributed by atoms with Gasteiger partial charge in [-0.25, -0.2) is 9.37 Å². The number of halogens is 2. The Balaban J connectivity index is 2.22. The molecule has 0 unspecified atom stereocenters. The minimum Gasteiger partial charge on any atom is -0.399 e. The number of nitrogens with two attached hydrogens (primary N) is 1. The van der Waals surface area contributed by atoms with Crippen molar-refractivity contribution in [2.75, 3.05) is 5.73 Å². The molecule has 90 valence electrons. The van der Waals surface area contributed by atoms with Crippen molar-refractivity contribution >= 4 is 43.2 Å². The molecule has 5 heteroatoms. The summed E-state index contributed by atoms with van der Waals surface area (Å²) in [6.45, 7) is 0. The van der Waals surface area contributed by atoms with E-state index in [2.05, 4.69) is 20.9 Å². The fourth-order valence-corrected chi connectivity index (χ4v) is 3.26. The lowest BCUT2D eigenvalue weighted by molar-refractivity contribution is 0.629. The summed E-state index contributed by atoms with van der Waals surface area (Å²) in [6.07, 6.45) is 0. The predicted molar refractivity (Wildman–Crippen MR) is 77.1 cm³/mol. The number of benzene rings is 2. The summed E-state index contributed by atoms with van der Waals surface area (Å²) in [7, 11) is 0. The van der Waals surface area contributed by atoms with Crippen LogP contribution in [0.2, 0.25) is 0 Å². The highest BCUT2D eigenvalue weighted by Gasteiger charge is 2.10. The topological polar surface area (TPSA) is 38.9 Å². The molecule has 0 aliphatic rings. The van der Waals surface area contributed by atoms with Crippen LogP contribution in [-0.4, -0.2) is 4.98 Å². The van der Waals surface area contributed by atoms with Crippen LogP contribution in [0.15, 0.2) is 40.9 Å². The smallest absolute Gasteiger partial charge is 0.125 e. The second kappa shape index (κ2) is 4.33. The van der Waals surface area contributed by atoms with Crippen molar-refractivity contribution in [3.8, 4) is 10.6 Å². The van der Waals surface area contributed by atoms with Crippen molar-refractivity contribution < 1.29 is 4.39 Å². The van der Waals surface area contributed by atoms with Gasteiger partial charge in [-0.05, 0) is 30.3 Å². The molecule has 0 aliphatic heterocycles. The molecule has 1 heterocycles. The zero-order valence-corrected chi connectivity index (χ0v) is 11.6. The van der Waals surface area contributed by atoms with E-state index >= 15 is 0 Å². The summed E-state index contributed by atoms with van der Waals surface area (Å²) in [4.78, 5) is 4.44. The summed E-state index contributed by atoms with van der Waals surface area (Å²) >= 11 is 4.99. The Morgan fingerprint density at radius 1 is 1.17 bits per heavy atom. The van der Waals surface area contributed by atoms with Gasteiger partial charge in [-0.2, -0.15) is 0 Å². The zero-order chi connectivity index (χ0) is 12.7. The number of nitrogens with zero attached hydrogens (tertiary/aromatic N) is 1. The van der Waals surface area contributed by atoms with Gasteiger partial charge in [-0.15, -0.1) is 11.3 Å². The van der Waals surface area contributed by atoms with Crippen molar-refractivity contribution in [1.29, 1.82) is 0 Å². The lowest BCUT2D eigenvalue weighted by atomic mass is 10.2. The Labute approximate surface area is 115 Å². The van der Waals surface area contributed by atoms with Gasteiger partial charge in [0.1, 0.15) is 10.8 Å². The SMILES string of the molecule is Nc1ccc(Br)c(-c2nc3cc(F)ccc3s2)c1. The Morgan fingerprint density at radius 3 is 2.83 bits per heavy atom. The highest BCUT2D eigenvalue weighted by Crippen LogP contribution is 2.35. The average Bonchev–Trinajstić information content (AvgIpc) is 2.74. The van der Waals surface area contributed by atoms with Crippen LogP contribution in [0.5, 0.6) is 0 Å². The quantitative estimate of drug-likeness (QED) is 0.672. The number of hydrogen-bond donors (Lipinski definition) is 1. The zero-order valence-electron chi connectivity index (χ0n) is 9.15. The van der Waals surface area contributed by atoms with Crippen LogP contribution in [0, 0.1) is 5.82 Å². The molecule has 0 radical (unpaired) electrons. The van der Waals surface area contributed by atoms with Crippen LogP contribution in [0.25, 0.3) is 20.8 Å². The third-order valence-electron chi connectivity index (χ3n) is 2.57. The molecule has 3 rings (SSSR count). The van der Waals surface area contributed by atoms with Crippen LogP contribution >= 0.6 is 27.3 Å². The third kappa shape index (κ3) is 2.00. The van der Waals surface area contributed by atoms with Gasteiger partial charge in [-0.3, -0.25) is 0 Å². The molecule has 0 fully saturated rings. The van der Waals surface area contributed by atoms with E-state index in [0.717, 1.165) is 19.7 Å². The number of hydrogen-bond acceptors (Lipinski definition) is 3. The second-order valence-electron chi connectivity index (χ2n) is 3.87. The summed E-state index contributed by atoms with van der Waals surface area (Å²) < 4.78 is 15.0. The molecular weight excluding hydrogens is 315 g/mol. The van der Waals surface area contributed by atoms with E-state index in [1.54, 1.807) is 6.07 Å². The number of rotatable bonds is 1. The van der Waals surface area contributed by atoms with E-state index in [0.29, 0.717) is 11.2 Å². The molecule has 0 spiro atoms. The molecule has 0 aliphatic carbocycles. The van der Waals surface area contributed by atoms with Crippen molar-refractivity contribution in [3.63, 3.8) is 0 Å². The maximum absolute atomic E-state index is 13.1. The van der Waals surface area contributed by atoms with Crippen LogP contribution in [0.4, 0.5) is 10.1 Å². The Morgan fingerprint density at radius 2 is 2.00 bits per heavy atom. The first-order valence-electron chi connectivity index (χ1n) is 5.25. The summed E-state index contributed by atoms with van der Waals surface area (Å²) in [5.74, 6) is -0.272. The largest absolute Gasteiger partial charge is 0.399 e. The standard InChI is InChI=1S/C13H8BrFN2S/c14-10-3-2-8(16)6-9(10)13-17-11-5-7(15)1-4-12(11)18-13/h1-6H,16H2. The van der Waals surface area contributed by atoms with Crippen molar-refractivity contribution in [2.24, 2.45) is 0 Å². The Hall–Kier alpha value is -1.46. The average molecular weight is 323 g/mol. The monoisotopic (exact) mass is 322 g/mol. The lowest BCUT2D eigenvalue weighted by Gasteiger charge is -2.01. The highest BCUT2D eigenvalue weighted by molar-refractivity contribution is 9.10. The normalized spacial score (nSPS) is 11.0. The van der Waals surface area contributed by atoms with E-state index in [9.17, 15) is 4.39 Å². The Kier molecular flexibility index (Phi) is 2.80. The van der Waals surface area contributed by atoms with E-state index in [1.165, 1.54) is 23.5 Å². The molecule has 2 nitrogen and oxygen atoms in total. The van der Waals surface area contributed by atoms with Crippen molar-refractivity contribution in [3.05, 3.63) is 46.7 Å². The van der Waals surface area contributed by atoms with Crippen molar-refractivity contribution in [1.82, 2.24) is 4.98 Å². The van der Waals surface area contributed by atoms with Gasteiger partial charge in [0, 0.05) is 21.8 Å². The molecule has 2 N–H and O–H groups in total. The van der Waals surface area contributed by atoms with Gasteiger partial charge >= 0.3 is 0 Å². The van der Waals surface area contributed by atoms with E-state index in [4.69, 9.17) is 5.73 Å². The van der Waals surface area contributed by atoms with Gasteiger partial charge in [0.05, 0.1) is 10.2 Å². The number of aromatic nitrogens is 1. The number of nitrogen functional groups attached to an aromatic ring is 1. The molecule has 0 amide bonds. The second-order valence-corrected chi connectivity index (χ2v) is 5.76. The fourth-order valence-electron chi connectivity index (χ4n) is 1.72. The van der Waals surface area contributed by atoms with E-state index in [-0.39, 0.29) is 5.82 Å². The number of fused-ring (bicyclic) bond motifs is 1. The number of thiazole rings is 1. The van der Waals surface area contributed by atoms with E-state index in [1.807, 2.05) is 18.2 Å². The first kappa shape index (κ1) is 11.6. The summed E-state index contributed by atoms with van der Waals surface area (Å²) in [6, 6.07) is 10.2. The number of anilines is 1. The minimum absolute atomic E-state index is 0.272. The fraction of sp³-hybridized carbons (Fsp3) is 0. The first-order valence-corrected chi connectivity index (χ1v) is 6.86. The van der Waals surface area contributed by atoms with E-state index < -0.39 is 0 Å². The van der Waals surface area contributed by atoms with Gasteiger partial charge in [0.15, 0.2) is 0 Å². The molecule has 0 saturated heterocycles. The third-order valence-corrected chi connectivity index (χ3v) is 4.33. The minimum atomic E-state index is -0.272. The maximum atomic E-state index is 13.1. The molecule has 0 saturated carbocycles. The maximum Gasteiger partial charge on any atom is 0.125 e. The molecule has 0 bridgehead atoms. The van der Waals surface area contributed by atoms with Gasteiger partial charge in [-0.1, -0.05) is 15.9 Å². The van der Waals surface area contributed by atoms with Gasteiger partial charge < -0.3 is 5.73 Å². The van der Waals surface area contributed by atoms with Crippen molar-refractivity contribution in [2.45, 2.75) is 0 Å². The molecule has 1 aromatic heterocycles. The van der Waals surface area contributed by atoms with Gasteiger partial charge in [0.2, 0.25) is 0 Å². The highest BCUT2D eigenvalue weighted by atomic mass is 79.9.